The lowest BCUT2D eigenvalue weighted by molar-refractivity contribution is 0.377. The van der Waals surface area contributed by atoms with Crippen LogP contribution in [0, 0.1) is 0 Å². The summed E-state index contributed by atoms with van der Waals surface area (Å²) in [5, 5.41) is 4.82. The van der Waals surface area contributed by atoms with Crippen LogP contribution in [0.3, 0.4) is 0 Å². The van der Waals surface area contributed by atoms with Crippen molar-refractivity contribution in [2.24, 2.45) is 0 Å². The second-order valence-electron chi connectivity index (χ2n) is 6.49. The summed E-state index contributed by atoms with van der Waals surface area (Å²) in [5.41, 5.74) is 8.10. The molecule has 5 rings (SSSR count). The number of rotatable bonds is 3. The monoisotopic (exact) mass is 380 g/mol. The molecule has 0 atom stereocenters. The van der Waals surface area contributed by atoms with Crippen LogP contribution in [-0.4, -0.2) is 24.7 Å². The summed E-state index contributed by atoms with van der Waals surface area (Å²) < 4.78 is 6.21. The van der Waals surface area contributed by atoms with E-state index in [9.17, 15) is 4.79 Å². The lowest BCUT2D eigenvalue weighted by Gasteiger charge is -2.10. The fraction of sp³-hybridized carbons (Fsp3) is 0.278. The number of hydrogen-bond acceptors (Lipinski definition) is 8. The van der Waals surface area contributed by atoms with Crippen LogP contribution in [-0.2, 0) is 19.4 Å². The Morgan fingerprint density at radius 2 is 2.11 bits per heavy atom. The molecule has 4 aromatic rings. The molecule has 0 spiro atoms. The van der Waals surface area contributed by atoms with E-state index in [1.807, 2.05) is 6.07 Å². The number of aryl methyl sites for hydroxylation is 2. The Morgan fingerprint density at radius 3 is 2.96 bits per heavy atom. The van der Waals surface area contributed by atoms with Crippen molar-refractivity contribution in [1.82, 2.24) is 24.7 Å². The lowest BCUT2D eigenvalue weighted by Crippen LogP contribution is -2.18. The van der Waals surface area contributed by atoms with Crippen LogP contribution in [0.15, 0.2) is 33.7 Å². The first-order chi connectivity index (χ1) is 13.2. The predicted octanol–water partition coefficient (Wildman–Crippen LogP) is 2.41. The van der Waals surface area contributed by atoms with Gasteiger partial charge in [-0.2, -0.15) is 0 Å². The zero-order valence-corrected chi connectivity index (χ0v) is 15.2. The van der Waals surface area contributed by atoms with Crippen molar-refractivity contribution in [2.45, 2.75) is 32.2 Å². The van der Waals surface area contributed by atoms with E-state index < -0.39 is 5.76 Å². The average Bonchev–Trinajstić information content (AvgIpc) is 3.23. The second-order valence-corrected chi connectivity index (χ2v) is 7.57. The van der Waals surface area contributed by atoms with Crippen LogP contribution in [0.2, 0.25) is 0 Å². The molecular formula is C18H16N6O2S. The molecule has 0 saturated carbocycles. The van der Waals surface area contributed by atoms with Gasteiger partial charge in [0.05, 0.1) is 11.9 Å². The van der Waals surface area contributed by atoms with Crippen LogP contribution >= 0.6 is 11.3 Å². The quantitative estimate of drug-likeness (QED) is 0.581. The number of anilines is 1. The molecule has 0 unspecified atom stereocenters. The molecule has 0 fully saturated rings. The highest BCUT2D eigenvalue weighted by molar-refractivity contribution is 7.19. The SMILES string of the molecule is Nc1nc(Cn2c(-c3ccccn3)noc2=O)nc2sc3c(c12)CCCC3. The van der Waals surface area contributed by atoms with E-state index in [-0.39, 0.29) is 6.54 Å². The minimum atomic E-state index is -0.580. The Hall–Kier alpha value is -3.07. The highest BCUT2D eigenvalue weighted by atomic mass is 32.1. The first-order valence-electron chi connectivity index (χ1n) is 8.75. The number of fused-ring (bicyclic) bond motifs is 3. The largest absolute Gasteiger partial charge is 0.442 e. The third kappa shape index (κ3) is 2.71. The zero-order chi connectivity index (χ0) is 18.4. The molecule has 2 N–H and O–H groups in total. The van der Waals surface area contributed by atoms with E-state index in [1.54, 1.807) is 29.7 Å². The first kappa shape index (κ1) is 16.1. The van der Waals surface area contributed by atoms with Crippen LogP contribution < -0.4 is 11.5 Å². The maximum Gasteiger partial charge on any atom is 0.442 e. The number of nitrogen functional groups attached to an aromatic ring is 1. The molecule has 4 heterocycles. The Morgan fingerprint density at radius 1 is 1.22 bits per heavy atom. The summed E-state index contributed by atoms with van der Waals surface area (Å²) in [6.45, 7) is 0.122. The number of nitrogens with zero attached hydrogens (tertiary/aromatic N) is 5. The summed E-state index contributed by atoms with van der Waals surface area (Å²) in [6, 6.07) is 5.38. The molecule has 0 radical (unpaired) electrons. The van der Waals surface area contributed by atoms with E-state index in [0.717, 1.165) is 23.1 Å². The number of thiophene rings is 1. The van der Waals surface area contributed by atoms with Crippen LogP contribution in [0.4, 0.5) is 5.82 Å². The molecule has 27 heavy (non-hydrogen) atoms. The van der Waals surface area contributed by atoms with Crippen molar-refractivity contribution >= 4 is 27.4 Å². The third-order valence-electron chi connectivity index (χ3n) is 4.77. The summed E-state index contributed by atoms with van der Waals surface area (Å²) in [6.07, 6.45) is 6.10. The van der Waals surface area contributed by atoms with Gasteiger partial charge in [-0.3, -0.25) is 9.51 Å². The van der Waals surface area contributed by atoms with Crippen molar-refractivity contribution in [3.63, 3.8) is 0 Å². The molecular weight excluding hydrogens is 364 g/mol. The second kappa shape index (κ2) is 6.27. The highest BCUT2D eigenvalue weighted by Crippen LogP contribution is 2.37. The van der Waals surface area contributed by atoms with Crippen molar-refractivity contribution in [3.8, 4) is 11.5 Å². The summed E-state index contributed by atoms with van der Waals surface area (Å²) in [5.74, 6) is 0.691. The first-order valence-corrected chi connectivity index (χ1v) is 9.57. The highest BCUT2D eigenvalue weighted by Gasteiger charge is 2.21. The molecule has 8 nitrogen and oxygen atoms in total. The fourth-order valence-electron chi connectivity index (χ4n) is 3.53. The molecule has 1 aliphatic rings. The van der Waals surface area contributed by atoms with Gasteiger partial charge in [0.2, 0.25) is 5.82 Å². The van der Waals surface area contributed by atoms with Gasteiger partial charge >= 0.3 is 5.76 Å². The minimum absolute atomic E-state index is 0.122. The summed E-state index contributed by atoms with van der Waals surface area (Å²) >= 11 is 1.68. The van der Waals surface area contributed by atoms with Gasteiger partial charge in [-0.25, -0.2) is 19.3 Å². The van der Waals surface area contributed by atoms with E-state index in [0.29, 0.717) is 23.2 Å². The van der Waals surface area contributed by atoms with E-state index in [1.165, 1.54) is 27.8 Å². The molecule has 9 heteroatoms. The molecule has 1 aliphatic carbocycles. The standard InChI is InChI=1S/C18H16N6O2S/c19-15-14-10-5-1-2-7-12(10)27-17(14)22-13(21-15)9-24-16(23-26-18(24)25)11-6-3-4-8-20-11/h3-4,6,8H,1-2,5,7,9H2,(H2,19,21,22). The van der Waals surface area contributed by atoms with E-state index >= 15 is 0 Å². The average molecular weight is 380 g/mol. The van der Waals surface area contributed by atoms with Crippen molar-refractivity contribution in [3.05, 3.63) is 51.2 Å². The number of nitrogens with two attached hydrogens (primary N) is 1. The van der Waals surface area contributed by atoms with Crippen molar-refractivity contribution in [1.29, 1.82) is 0 Å². The van der Waals surface area contributed by atoms with Gasteiger partial charge < -0.3 is 5.73 Å². The Labute approximate surface area is 157 Å². The normalized spacial score (nSPS) is 13.8. The topological polar surface area (TPSA) is 113 Å². The van der Waals surface area contributed by atoms with Crippen LogP contribution in [0.1, 0.15) is 29.1 Å². The predicted molar refractivity (Wildman–Crippen MR) is 102 cm³/mol. The molecule has 0 bridgehead atoms. The van der Waals surface area contributed by atoms with Crippen molar-refractivity contribution in [2.75, 3.05) is 5.73 Å². The van der Waals surface area contributed by atoms with Gasteiger partial charge in [0.15, 0.2) is 5.82 Å². The molecule has 0 aliphatic heterocycles. The van der Waals surface area contributed by atoms with Gasteiger partial charge in [0.25, 0.3) is 0 Å². The molecule has 4 aromatic heterocycles. The molecule has 0 amide bonds. The van der Waals surface area contributed by atoms with E-state index in [2.05, 4.69) is 20.1 Å². The van der Waals surface area contributed by atoms with Crippen LogP contribution in [0.25, 0.3) is 21.7 Å². The van der Waals surface area contributed by atoms with Gasteiger partial charge in [-0.1, -0.05) is 11.2 Å². The Bertz CT molecular complexity index is 1190. The Balaban J connectivity index is 1.58. The maximum absolute atomic E-state index is 12.1. The third-order valence-corrected chi connectivity index (χ3v) is 5.95. The summed E-state index contributed by atoms with van der Waals surface area (Å²) in [4.78, 5) is 27.7. The smallest absolute Gasteiger partial charge is 0.383 e. The molecule has 0 saturated heterocycles. The van der Waals surface area contributed by atoms with Gasteiger partial charge in [-0.15, -0.1) is 11.3 Å². The Kier molecular flexibility index (Phi) is 3.75. The maximum atomic E-state index is 12.1. The van der Waals surface area contributed by atoms with Gasteiger partial charge in [0, 0.05) is 11.1 Å². The van der Waals surface area contributed by atoms with E-state index in [4.69, 9.17) is 10.3 Å². The minimum Gasteiger partial charge on any atom is -0.383 e. The van der Waals surface area contributed by atoms with Gasteiger partial charge in [-0.05, 0) is 43.4 Å². The fourth-order valence-corrected chi connectivity index (χ4v) is 4.82. The number of hydrogen-bond donors (Lipinski definition) is 1. The number of aromatic nitrogens is 5. The number of pyridine rings is 1. The summed E-state index contributed by atoms with van der Waals surface area (Å²) in [7, 11) is 0. The zero-order valence-electron chi connectivity index (χ0n) is 14.4. The lowest BCUT2D eigenvalue weighted by atomic mass is 9.97. The van der Waals surface area contributed by atoms with Gasteiger partial charge in [0.1, 0.15) is 16.3 Å². The van der Waals surface area contributed by atoms with Crippen molar-refractivity contribution < 1.29 is 4.52 Å². The van der Waals surface area contributed by atoms with Crippen LogP contribution in [0.5, 0.6) is 0 Å². The molecule has 136 valence electrons. The molecule has 0 aromatic carbocycles.